The molecular weight excluding hydrogens is 270 g/mol. The van der Waals surface area contributed by atoms with Crippen LogP contribution < -0.4 is 0 Å². The van der Waals surface area contributed by atoms with E-state index in [1.807, 2.05) is 19.9 Å². The highest BCUT2D eigenvalue weighted by atomic mass is 16.6. The summed E-state index contributed by atoms with van der Waals surface area (Å²) in [6, 6.07) is 11.6. The van der Waals surface area contributed by atoms with Gasteiger partial charge >= 0.3 is 5.97 Å². The number of hydrogen-bond acceptors (Lipinski definition) is 4. The van der Waals surface area contributed by atoms with Gasteiger partial charge in [0.05, 0.1) is 16.1 Å². The predicted molar refractivity (Wildman–Crippen MR) is 78.1 cm³/mol. The van der Waals surface area contributed by atoms with Crippen LogP contribution in [-0.2, 0) is 11.3 Å². The van der Waals surface area contributed by atoms with Crippen LogP contribution in [0.2, 0.25) is 0 Å². The van der Waals surface area contributed by atoms with E-state index in [0.717, 1.165) is 11.1 Å². The van der Waals surface area contributed by atoms with E-state index in [2.05, 4.69) is 0 Å². The van der Waals surface area contributed by atoms with Crippen LogP contribution in [0.4, 0.5) is 5.69 Å². The lowest BCUT2D eigenvalue weighted by atomic mass is 10.0. The van der Waals surface area contributed by atoms with Gasteiger partial charge in [-0.05, 0) is 37.1 Å². The molecule has 2 aromatic rings. The first-order valence-corrected chi connectivity index (χ1v) is 6.46. The number of nitro groups is 1. The molecule has 0 heterocycles. The number of hydrogen-bond donors (Lipinski definition) is 0. The lowest BCUT2D eigenvalue weighted by Gasteiger charge is -2.09. The SMILES string of the molecule is Cc1cccc(C(=O)OCc2ccccc2[N+](=O)[O-])c1C. The number of ether oxygens (including phenoxy) is 1. The normalized spacial score (nSPS) is 10.2. The first-order valence-electron chi connectivity index (χ1n) is 6.46. The van der Waals surface area contributed by atoms with Gasteiger partial charge in [0, 0.05) is 6.07 Å². The molecule has 0 bridgehead atoms. The highest BCUT2D eigenvalue weighted by Gasteiger charge is 2.16. The number of para-hydroxylation sites is 1. The number of carbonyl (C=O) groups is 1. The molecule has 2 aromatic carbocycles. The molecule has 5 heteroatoms. The van der Waals surface area contributed by atoms with Gasteiger partial charge in [0.25, 0.3) is 5.69 Å². The van der Waals surface area contributed by atoms with Crippen LogP contribution in [0, 0.1) is 24.0 Å². The maximum absolute atomic E-state index is 12.1. The summed E-state index contributed by atoms with van der Waals surface area (Å²) in [5.41, 5.74) is 2.65. The first-order chi connectivity index (χ1) is 10.0. The fraction of sp³-hybridized carbons (Fsp3) is 0.188. The van der Waals surface area contributed by atoms with Crippen LogP contribution >= 0.6 is 0 Å². The monoisotopic (exact) mass is 285 g/mol. The van der Waals surface area contributed by atoms with Crippen molar-refractivity contribution in [2.24, 2.45) is 0 Å². The summed E-state index contributed by atoms with van der Waals surface area (Å²) in [6.45, 7) is 3.63. The topological polar surface area (TPSA) is 69.4 Å². The molecule has 2 rings (SSSR count). The molecule has 108 valence electrons. The minimum atomic E-state index is -0.485. The fourth-order valence-corrected chi connectivity index (χ4v) is 2.00. The molecule has 0 saturated carbocycles. The van der Waals surface area contributed by atoms with Crippen molar-refractivity contribution in [3.05, 3.63) is 74.8 Å². The molecular formula is C16H15NO4. The summed E-state index contributed by atoms with van der Waals surface area (Å²) in [6.07, 6.45) is 0. The van der Waals surface area contributed by atoms with Crippen LogP contribution in [0.25, 0.3) is 0 Å². The second-order valence-corrected chi connectivity index (χ2v) is 4.71. The lowest BCUT2D eigenvalue weighted by molar-refractivity contribution is -0.385. The maximum Gasteiger partial charge on any atom is 0.338 e. The average Bonchev–Trinajstić information content (AvgIpc) is 2.47. The summed E-state index contributed by atoms with van der Waals surface area (Å²) in [4.78, 5) is 22.5. The molecule has 0 amide bonds. The summed E-state index contributed by atoms with van der Waals surface area (Å²) in [5, 5.41) is 10.9. The van der Waals surface area contributed by atoms with Crippen LogP contribution in [0.1, 0.15) is 27.0 Å². The quantitative estimate of drug-likeness (QED) is 0.489. The fourth-order valence-electron chi connectivity index (χ4n) is 2.00. The largest absolute Gasteiger partial charge is 0.457 e. The number of esters is 1. The van der Waals surface area contributed by atoms with Gasteiger partial charge in [0.2, 0.25) is 0 Å². The van der Waals surface area contributed by atoms with Crippen molar-refractivity contribution in [2.75, 3.05) is 0 Å². The number of rotatable bonds is 4. The third-order valence-electron chi connectivity index (χ3n) is 3.37. The Bertz CT molecular complexity index is 694. The molecule has 0 aromatic heterocycles. The van der Waals surface area contributed by atoms with Crippen LogP contribution in [0.3, 0.4) is 0 Å². The highest BCUT2D eigenvalue weighted by Crippen LogP contribution is 2.20. The Morgan fingerprint density at radius 3 is 2.57 bits per heavy atom. The van der Waals surface area contributed by atoms with Crippen molar-refractivity contribution in [3.8, 4) is 0 Å². The van der Waals surface area contributed by atoms with E-state index >= 15 is 0 Å². The van der Waals surface area contributed by atoms with Gasteiger partial charge in [-0.1, -0.05) is 24.3 Å². The van der Waals surface area contributed by atoms with Gasteiger partial charge in [0.1, 0.15) is 6.61 Å². The van der Waals surface area contributed by atoms with E-state index in [1.165, 1.54) is 6.07 Å². The van der Waals surface area contributed by atoms with Gasteiger partial charge in [-0.25, -0.2) is 4.79 Å². The van der Waals surface area contributed by atoms with E-state index in [4.69, 9.17) is 4.74 Å². The third-order valence-corrected chi connectivity index (χ3v) is 3.37. The summed E-state index contributed by atoms with van der Waals surface area (Å²) in [5.74, 6) is -0.477. The van der Waals surface area contributed by atoms with Crippen molar-refractivity contribution in [1.29, 1.82) is 0 Å². The van der Waals surface area contributed by atoms with E-state index in [9.17, 15) is 14.9 Å². The van der Waals surface area contributed by atoms with E-state index in [1.54, 1.807) is 30.3 Å². The van der Waals surface area contributed by atoms with E-state index in [-0.39, 0.29) is 12.3 Å². The second-order valence-electron chi connectivity index (χ2n) is 4.71. The Kier molecular flexibility index (Phi) is 4.33. The molecule has 0 aliphatic carbocycles. The molecule has 0 saturated heterocycles. The molecule has 0 radical (unpaired) electrons. The Labute approximate surface area is 122 Å². The van der Waals surface area contributed by atoms with Crippen molar-refractivity contribution in [1.82, 2.24) is 0 Å². The van der Waals surface area contributed by atoms with Crippen LogP contribution in [-0.4, -0.2) is 10.9 Å². The van der Waals surface area contributed by atoms with Gasteiger partial charge in [-0.3, -0.25) is 10.1 Å². The molecule has 21 heavy (non-hydrogen) atoms. The Morgan fingerprint density at radius 1 is 1.14 bits per heavy atom. The van der Waals surface area contributed by atoms with E-state index < -0.39 is 10.9 Å². The number of benzene rings is 2. The number of carbonyl (C=O) groups excluding carboxylic acids is 1. The summed E-state index contributed by atoms with van der Waals surface area (Å²) >= 11 is 0. The van der Waals surface area contributed by atoms with Gasteiger partial charge in [-0.2, -0.15) is 0 Å². The first kappa shape index (κ1) is 14.7. The highest BCUT2D eigenvalue weighted by molar-refractivity contribution is 5.91. The number of nitro benzene ring substituents is 1. The molecule has 0 aliphatic rings. The van der Waals surface area contributed by atoms with Gasteiger partial charge in [-0.15, -0.1) is 0 Å². The Morgan fingerprint density at radius 2 is 1.86 bits per heavy atom. The van der Waals surface area contributed by atoms with E-state index in [0.29, 0.717) is 11.1 Å². The van der Waals surface area contributed by atoms with Crippen molar-refractivity contribution < 1.29 is 14.5 Å². The molecule has 0 atom stereocenters. The van der Waals surface area contributed by atoms with Crippen molar-refractivity contribution in [3.63, 3.8) is 0 Å². The van der Waals surface area contributed by atoms with Crippen LogP contribution in [0.5, 0.6) is 0 Å². The summed E-state index contributed by atoms with van der Waals surface area (Å²) < 4.78 is 5.20. The standard InChI is InChI=1S/C16H15NO4/c1-11-6-5-8-14(12(11)2)16(18)21-10-13-7-3-4-9-15(13)17(19)20/h3-9H,10H2,1-2H3. The van der Waals surface area contributed by atoms with Gasteiger partial charge < -0.3 is 4.74 Å². The number of aryl methyl sites for hydroxylation is 1. The maximum atomic E-state index is 12.1. The van der Waals surface area contributed by atoms with Crippen molar-refractivity contribution >= 4 is 11.7 Å². The predicted octanol–water partition coefficient (Wildman–Crippen LogP) is 3.57. The Hall–Kier alpha value is -2.69. The molecule has 0 unspecified atom stereocenters. The number of nitrogens with zero attached hydrogens (tertiary/aromatic N) is 1. The zero-order valence-corrected chi connectivity index (χ0v) is 11.8. The molecule has 0 fully saturated rings. The molecule has 0 aliphatic heterocycles. The zero-order valence-electron chi connectivity index (χ0n) is 11.8. The van der Waals surface area contributed by atoms with Crippen LogP contribution in [0.15, 0.2) is 42.5 Å². The lowest BCUT2D eigenvalue weighted by Crippen LogP contribution is -2.08. The minimum Gasteiger partial charge on any atom is -0.457 e. The smallest absolute Gasteiger partial charge is 0.338 e. The summed E-state index contributed by atoms with van der Waals surface area (Å²) in [7, 11) is 0. The molecule has 0 N–H and O–H groups in total. The van der Waals surface area contributed by atoms with Crippen molar-refractivity contribution in [2.45, 2.75) is 20.5 Å². The van der Waals surface area contributed by atoms with Gasteiger partial charge in [0.15, 0.2) is 0 Å². The third kappa shape index (κ3) is 3.25. The average molecular weight is 285 g/mol. The minimum absolute atomic E-state index is 0.0498. The molecule has 5 nitrogen and oxygen atoms in total. The Balaban J connectivity index is 2.15. The second kappa shape index (κ2) is 6.17. The molecule has 0 spiro atoms. The zero-order chi connectivity index (χ0) is 15.4.